The second kappa shape index (κ2) is 6.94. The Bertz CT molecular complexity index is 905. The third kappa shape index (κ3) is 3.12. The van der Waals surface area contributed by atoms with E-state index in [9.17, 15) is 0 Å². The minimum Gasteiger partial charge on any atom is -0.368 e. The normalized spacial score (nSPS) is 14.7. The molecule has 0 aromatic carbocycles. The minimum absolute atomic E-state index is 0.113. The van der Waals surface area contributed by atoms with E-state index in [-0.39, 0.29) is 12.0 Å². The van der Waals surface area contributed by atoms with Crippen molar-refractivity contribution in [3.05, 3.63) is 5.62 Å². The van der Waals surface area contributed by atoms with E-state index in [2.05, 4.69) is 49.1 Å². The van der Waals surface area contributed by atoms with Crippen LogP contribution in [0.15, 0.2) is 9.98 Å². The van der Waals surface area contributed by atoms with E-state index in [1.165, 1.54) is 0 Å². The topological polar surface area (TPSA) is 145 Å². The summed E-state index contributed by atoms with van der Waals surface area (Å²) in [6, 6.07) is 0.147. The van der Waals surface area contributed by atoms with Crippen LogP contribution in [0.4, 0.5) is 17.8 Å². The molecule has 0 bridgehead atoms. The first-order valence-electron chi connectivity index (χ1n) is 9.07. The summed E-state index contributed by atoms with van der Waals surface area (Å²) in [6.07, 6.45) is 3.25. The molecule has 0 spiro atoms. The van der Waals surface area contributed by atoms with Gasteiger partial charge < -0.3 is 16.8 Å². The van der Waals surface area contributed by atoms with Gasteiger partial charge in [0.1, 0.15) is 5.84 Å². The van der Waals surface area contributed by atoms with E-state index >= 15 is 0 Å². The van der Waals surface area contributed by atoms with Gasteiger partial charge >= 0.3 is 0 Å². The molecule has 0 fully saturated rings. The number of hydrogen-bond acceptors (Lipinski definition) is 9. The zero-order valence-corrected chi connectivity index (χ0v) is 15.7. The van der Waals surface area contributed by atoms with Crippen molar-refractivity contribution in [1.29, 1.82) is 0 Å². The van der Waals surface area contributed by atoms with E-state index < -0.39 is 5.54 Å². The van der Waals surface area contributed by atoms with E-state index in [0.717, 1.165) is 25.7 Å². The van der Waals surface area contributed by atoms with Gasteiger partial charge in [-0.1, -0.05) is 27.7 Å². The second-order valence-electron chi connectivity index (χ2n) is 6.41. The van der Waals surface area contributed by atoms with Crippen molar-refractivity contribution in [3.8, 4) is 0 Å². The van der Waals surface area contributed by atoms with Crippen molar-refractivity contribution in [3.63, 3.8) is 0 Å². The first-order valence-corrected chi connectivity index (χ1v) is 9.07. The summed E-state index contributed by atoms with van der Waals surface area (Å²) in [6.45, 7) is 8.21. The van der Waals surface area contributed by atoms with Gasteiger partial charge in [0.05, 0.1) is 11.6 Å². The van der Waals surface area contributed by atoms with E-state index in [4.69, 9.17) is 11.5 Å². The predicted octanol–water partition coefficient (Wildman–Crippen LogP) is 1.16. The Morgan fingerprint density at radius 1 is 1.08 bits per heavy atom. The highest BCUT2D eigenvalue weighted by atomic mass is 15.4. The molecule has 3 heterocycles. The fourth-order valence-corrected chi connectivity index (χ4v) is 2.85. The molecule has 0 radical (unpaired) electrons. The van der Waals surface area contributed by atoms with Gasteiger partial charge in [-0.2, -0.15) is 24.9 Å². The molecule has 0 aliphatic carbocycles. The van der Waals surface area contributed by atoms with Crippen LogP contribution in [0.3, 0.4) is 0 Å². The van der Waals surface area contributed by atoms with Gasteiger partial charge in [-0.3, -0.25) is 0 Å². The van der Waals surface area contributed by atoms with Gasteiger partial charge in [0.15, 0.2) is 0 Å². The molecule has 0 saturated heterocycles. The Hall–Kier alpha value is -2.62. The van der Waals surface area contributed by atoms with E-state index in [1.807, 2.05) is 13.8 Å². The summed E-state index contributed by atoms with van der Waals surface area (Å²) in [5.41, 5.74) is 12.1. The lowest BCUT2D eigenvalue weighted by atomic mass is 9.92. The summed E-state index contributed by atoms with van der Waals surface area (Å²) >= 11 is 0. The number of nitrogens with zero attached hydrogens (tertiary/aromatic N) is 7. The van der Waals surface area contributed by atoms with Crippen molar-refractivity contribution in [1.82, 2.24) is 24.3 Å². The first kappa shape index (κ1) is 18.2. The molecule has 0 amide bonds. The SMILES string of the molecule is CCC(CC)N=c1nc2n3c(nc(N)nc3n1)NC(C(N)(CC)CC)=N2. The molecule has 10 heteroatoms. The lowest BCUT2D eigenvalue weighted by Gasteiger charge is -2.31. The first-order chi connectivity index (χ1) is 12.4. The fourth-order valence-electron chi connectivity index (χ4n) is 2.85. The molecular weight excluding hydrogens is 332 g/mol. The monoisotopic (exact) mass is 358 g/mol. The molecule has 2 aromatic heterocycles. The summed E-state index contributed by atoms with van der Waals surface area (Å²) < 4.78 is 1.62. The summed E-state index contributed by atoms with van der Waals surface area (Å²) in [7, 11) is 0. The standard InChI is InChI=1S/C16H26N10/c1-5-9(6-2)19-12-24-14-21-10(16(18,7-3)8-4)20-13-22-11(17)23-15(25-12)26(13)14/h9H,5-8,18H2,1-4H3,(H3,17,19,20,21,22,23,24,25). The molecular formula is C16H26N10. The number of nitrogens with two attached hydrogens (primary N) is 2. The average Bonchev–Trinajstić information content (AvgIpc) is 2.64. The van der Waals surface area contributed by atoms with Crippen molar-refractivity contribution in [2.24, 2.45) is 15.7 Å². The number of aliphatic imine (C=N–C) groups is 1. The zero-order chi connectivity index (χ0) is 18.9. The van der Waals surface area contributed by atoms with Gasteiger partial charge in [-0.15, -0.1) is 0 Å². The van der Waals surface area contributed by atoms with Crippen molar-refractivity contribution in [2.75, 3.05) is 11.1 Å². The number of aromatic nitrogens is 5. The molecule has 5 N–H and O–H groups in total. The van der Waals surface area contributed by atoms with Crippen LogP contribution in [0, 0.1) is 0 Å². The average molecular weight is 358 g/mol. The molecule has 0 atom stereocenters. The molecule has 26 heavy (non-hydrogen) atoms. The third-order valence-corrected chi connectivity index (χ3v) is 4.86. The Morgan fingerprint density at radius 2 is 1.77 bits per heavy atom. The van der Waals surface area contributed by atoms with Crippen molar-refractivity contribution in [2.45, 2.75) is 65.0 Å². The van der Waals surface area contributed by atoms with Crippen LogP contribution in [0.5, 0.6) is 0 Å². The summed E-state index contributed by atoms with van der Waals surface area (Å²) in [5, 5.41) is 3.17. The number of rotatable bonds is 6. The predicted molar refractivity (Wildman–Crippen MR) is 101 cm³/mol. The largest absolute Gasteiger partial charge is 0.368 e. The Kier molecular flexibility index (Phi) is 4.86. The number of hydrogen-bond donors (Lipinski definition) is 3. The Balaban J connectivity index is 2.26. The smallest absolute Gasteiger partial charge is 0.251 e. The highest BCUT2D eigenvalue weighted by Crippen LogP contribution is 2.25. The van der Waals surface area contributed by atoms with Crippen LogP contribution in [0.25, 0.3) is 5.78 Å². The molecule has 0 unspecified atom stereocenters. The molecule has 0 saturated carbocycles. The lowest BCUT2D eigenvalue weighted by molar-refractivity contribution is 0.525. The molecule has 1 aliphatic heterocycles. The molecule has 140 valence electrons. The van der Waals surface area contributed by atoms with Gasteiger partial charge in [0.2, 0.25) is 23.6 Å². The van der Waals surface area contributed by atoms with Crippen LogP contribution in [0.2, 0.25) is 0 Å². The van der Waals surface area contributed by atoms with E-state index in [0.29, 0.717) is 29.1 Å². The van der Waals surface area contributed by atoms with Crippen LogP contribution in [0.1, 0.15) is 53.4 Å². The van der Waals surface area contributed by atoms with Crippen LogP contribution in [-0.4, -0.2) is 41.8 Å². The molecule has 3 rings (SSSR count). The quantitative estimate of drug-likeness (QED) is 0.702. The maximum absolute atomic E-state index is 6.51. The summed E-state index contributed by atoms with van der Waals surface area (Å²) in [5.74, 6) is 1.93. The number of nitrogens with one attached hydrogen (secondary N) is 1. The number of anilines is 2. The maximum Gasteiger partial charge on any atom is 0.251 e. The maximum atomic E-state index is 6.51. The fraction of sp³-hybridized carbons (Fsp3) is 0.625. The van der Waals surface area contributed by atoms with Gasteiger partial charge in [-0.25, -0.2) is 9.39 Å². The van der Waals surface area contributed by atoms with Crippen LogP contribution < -0.4 is 22.4 Å². The lowest BCUT2D eigenvalue weighted by Crippen LogP contribution is -2.51. The third-order valence-electron chi connectivity index (χ3n) is 4.86. The van der Waals surface area contributed by atoms with Gasteiger partial charge in [0, 0.05) is 0 Å². The van der Waals surface area contributed by atoms with Gasteiger partial charge in [0.25, 0.3) is 5.62 Å². The van der Waals surface area contributed by atoms with E-state index in [1.54, 1.807) is 4.40 Å². The Labute approximate surface area is 151 Å². The van der Waals surface area contributed by atoms with Crippen molar-refractivity contribution >= 4 is 29.5 Å². The number of nitrogen functional groups attached to an aromatic ring is 1. The second-order valence-corrected chi connectivity index (χ2v) is 6.41. The Morgan fingerprint density at radius 3 is 2.38 bits per heavy atom. The highest BCUT2D eigenvalue weighted by Gasteiger charge is 2.32. The summed E-state index contributed by atoms with van der Waals surface area (Å²) in [4.78, 5) is 26.6. The minimum atomic E-state index is -0.609. The highest BCUT2D eigenvalue weighted by molar-refractivity contribution is 6.03. The van der Waals surface area contributed by atoms with Crippen molar-refractivity contribution < 1.29 is 0 Å². The molecule has 1 aliphatic rings. The van der Waals surface area contributed by atoms with Gasteiger partial charge in [-0.05, 0) is 25.7 Å². The zero-order valence-electron chi connectivity index (χ0n) is 15.7. The molecule has 10 nitrogen and oxygen atoms in total. The van der Waals surface area contributed by atoms with Crippen LogP contribution >= 0.6 is 0 Å². The van der Waals surface area contributed by atoms with Crippen LogP contribution in [-0.2, 0) is 0 Å². The molecule has 2 aromatic rings. The number of amidine groups is 1.